The number of allylic oxidation sites excluding steroid dienone is 8. The number of hydrogen-bond acceptors (Lipinski definition) is 5. The van der Waals surface area contributed by atoms with E-state index >= 15 is 0 Å². The molecule has 0 spiro atoms. The quantitative estimate of drug-likeness (QED) is 0.0246. The molecule has 6 nitrogen and oxygen atoms in total. The second-order valence-electron chi connectivity index (χ2n) is 16.9. The molecule has 0 aromatic heterocycles. The normalized spacial score (nSPS) is 13.7. The molecule has 58 heavy (non-hydrogen) atoms. The summed E-state index contributed by atoms with van der Waals surface area (Å²) in [7, 11) is 0. The minimum atomic E-state index is -0.793. The van der Waals surface area contributed by atoms with Crippen molar-refractivity contribution in [3.8, 4) is 0 Å². The van der Waals surface area contributed by atoms with Gasteiger partial charge in [-0.05, 0) is 70.6 Å². The van der Waals surface area contributed by atoms with Gasteiger partial charge in [-0.3, -0.25) is 9.59 Å². The standard InChI is InChI=1S/C52H95NO5/c1-4-7-10-13-16-19-22-24-25-26-28-29-31-34-37-40-43-48(58-52(57)45-42-39-36-33-30-27-23-20-17-14-11-8-5-2)46-51(56)53-49(47-54)50(55)44-41-38-35-32-21-18-15-12-9-6-3/h8,11,14,17,20,23,28-29,48-50,54-55H,4-7,9-10,12-13,15-16,18-19,21-22,24-27,30-47H2,1-3H3,(H,53,56)/b11-8+,17-14+,23-20-,29-28+. The molecule has 0 aromatic rings. The monoisotopic (exact) mass is 814 g/mol. The molecule has 0 aliphatic heterocycles. The van der Waals surface area contributed by atoms with Crippen LogP contribution in [0.25, 0.3) is 0 Å². The summed E-state index contributed by atoms with van der Waals surface area (Å²) in [6.45, 7) is 6.33. The Balaban J connectivity index is 4.64. The molecule has 6 heteroatoms. The SMILES string of the molecule is CC/C=C/C=C/C=C\CCCCCCCC(=O)OC(CCCCC/C=C/CCCCCCCCCCC)CC(=O)NC(CO)C(O)CCCCCCCCCCCC. The van der Waals surface area contributed by atoms with Crippen molar-refractivity contribution in [2.24, 2.45) is 0 Å². The molecule has 0 aromatic carbocycles. The molecule has 0 saturated carbocycles. The molecule has 3 unspecified atom stereocenters. The first-order chi connectivity index (χ1) is 28.5. The summed E-state index contributed by atoms with van der Waals surface area (Å²) in [5.74, 6) is -0.510. The largest absolute Gasteiger partial charge is 0.462 e. The van der Waals surface area contributed by atoms with Crippen LogP contribution in [-0.4, -0.2) is 46.9 Å². The Labute approximate surface area is 359 Å². The average Bonchev–Trinajstić information content (AvgIpc) is 3.22. The number of aliphatic hydroxyl groups is 2. The van der Waals surface area contributed by atoms with Crippen LogP contribution in [0.2, 0.25) is 0 Å². The van der Waals surface area contributed by atoms with Crippen molar-refractivity contribution in [2.45, 2.75) is 264 Å². The minimum absolute atomic E-state index is 0.0590. The maximum atomic E-state index is 13.2. The van der Waals surface area contributed by atoms with E-state index in [1.807, 2.05) is 0 Å². The van der Waals surface area contributed by atoms with Gasteiger partial charge in [-0.15, -0.1) is 0 Å². The Bertz CT molecular complexity index is 1000. The van der Waals surface area contributed by atoms with Gasteiger partial charge >= 0.3 is 5.97 Å². The fourth-order valence-electron chi connectivity index (χ4n) is 7.42. The van der Waals surface area contributed by atoms with E-state index in [1.165, 1.54) is 109 Å². The zero-order valence-electron chi connectivity index (χ0n) is 38.4. The third kappa shape index (κ3) is 40.6. The smallest absolute Gasteiger partial charge is 0.306 e. The topological polar surface area (TPSA) is 95.9 Å². The third-order valence-corrected chi connectivity index (χ3v) is 11.2. The fraction of sp³-hybridized carbons (Fsp3) is 0.808. The van der Waals surface area contributed by atoms with Crippen LogP contribution in [-0.2, 0) is 14.3 Å². The number of hydrogen-bond donors (Lipinski definition) is 3. The number of amides is 1. The summed E-state index contributed by atoms with van der Waals surface area (Å²) in [4.78, 5) is 26.1. The zero-order valence-corrected chi connectivity index (χ0v) is 38.4. The zero-order chi connectivity index (χ0) is 42.4. The van der Waals surface area contributed by atoms with E-state index in [4.69, 9.17) is 4.74 Å². The fourth-order valence-corrected chi connectivity index (χ4v) is 7.42. The van der Waals surface area contributed by atoms with Crippen LogP contribution in [0, 0.1) is 0 Å². The van der Waals surface area contributed by atoms with Gasteiger partial charge in [0.15, 0.2) is 0 Å². The number of ether oxygens (including phenoxy) is 1. The second kappa shape index (κ2) is 45.9. The van der Waals surface area contributed by atoms with E-state index < -0.39 is 18.2 Å². The van der Waals surface area contributed by atoms with E-state index in [0.717, 1.165) is 89.9 Å². The maximum Gasteiger partial charge on any atom is 0.306 e. The molecule has 0 saturated heterocycles. The first kappa shape index (κ1) is 55.8. The molecule has 3 atom stereocenters. The van der Waals surface area contributed by atoms with Crippen LogP contribution in [0.5, 0.6) is 0 Å². The Morgan fingerprint density at radius 3 is 1.47 bits per heavy atom. The van der Waals surface area contributed by atoms with E-state index in [9.17, 15) is 19.8 Å². The lowest BCUT2D eigenvalue weighted by molar-refractivity contribution is -0.151. The van der Waals surface area contributed by atoms with Crippen molar-refractivity contribution in [2.75, 3.05) is 6.61 Å². The van der Waals surface area contributed by atoms with Crippen LogP contribution < -0.4 is 5.32 Å². The highest BCUT2D eigenvalue weighted by atomic mass is 16.5. The van der Waals surface area contributed by atoms with Crippen molar-refractivity contribution in [3.05, 3.63) is 48.6 Å². The van der Waals surface area contributed by atoms with Gasteiger partial charge in [-0.2, -0.15) is 0 Å². The summed E-state index contributed by atoms with van der Waals surface area (Å²) in [6, 6.07) is -0.709. The lowest BCUT2D eigenvalue weighted by Gasteiger charge is -2.24. The van der Waals surface area contributed by atoms with Crippen molar-refractivity contribution in [3.63, 3.8) is 0 Å². The van der Waals surface area contributed by atoms with Crippen LogP contribution in [0.3, 0.4) is 0 Å². The number of rotatable bonds is 44. The number of nitrogens with one attached hydrogen (secondary N) is 1. The molecule has 0 heterocycles. The molecule has 0 rings (SSSR count). The van der Waals surface area contributed by atoms with Crippen molar-refractivity contribution >= 4 is 11.9 Å². The molecule has 0 bridgehead atoms. The molecular formula is C52H95NO5. The van der Waals surface area contributed by atoms with Crippen molar-refractivity contribution in [1.82, 2.24) is 5.32 Å². The maximum absolute atomic E-state index is 13.2. The Morgan fingerprint density at radius 2 is 0.948 bits per heavy atom. The number of carbonyl (C=O) groups excluding carboxylic acids is 2. The highest BCUT2D eigenvalue weighted by molar-refractivity contribution is 5.77. The van der Waals surface area contributed by atoms with Crippen LogP contribution in [0.1, 0.15) is 245 Å². The molecular weight excluding hydrogens is 719 g/mol. The first-order valence-corrected chi connectivity index (χ1v) is 24.9. The van der Waals surface area contributed by atoms with Gasteiger partial charge in [0, 0.05) is 6.42 Å². The first-order valence-electron chi connectivity index (χ1n) is 24.9. The summed E-state index contributed by atoms with van der Waals surface area (Å²) < 4.78 is 5.91. The highest BCUT2D eigenvalue weighted by Crippen LogP contribution is 2.17. The summed E-state index contributed by atoms with van der Waals surface area (Å²) in [5.41, 5.74) is 0. The van der Waals surface area contributed by atoms with E-state index in [-0.39, 0.29) is 24.9 Å². The Kier molecular flexibility index (Phi) is 44.2. The number of esters is 1. The summed E-state index contributed by atoms with van der Waals surface area (Å²) >= 11 is 0. The van der Waals surface area contributed by atoms with Gasteiger partial charge < -0.3 is 20.3 Å². The van der Waals surface area contributed by atoms with Gasteiger partial charge in [-0.1, -0.05) is 211 Å². The van der Waals surface area contributed by atoms with Gasteiger partial charge in [0.2, 0.25) is 5.91 Å². The van der Waals surface area contributed by atoms with Gasteiger partial charge in [0.25, 0.3) is 0 Å². The van der Waals surface area contributed by atoms with Crippen LogP contribution >= 0.6 is 0 Å². The average molecular weight is 814 g/mol. The summed E-state index contributed by atoms with van der Waals surface area (Å²) in [5, 5.41) is 23.7. The predicted octanol–water partition coefficient (Wildman–Crippen LogP) is 14.7. The second-order valence-corrected chi connectivity index (χ2v) is 16.9. The van der Waals surface area contributed by atoms with Crippen LogP contribution in [0.4, 0.5) is 0 Å². The Hall–Kier alpha value is -2.18. The molecule has 1 amide bonds. The van der Waals surface area contributed by atoms with Gasteiger partial charge in [-0.25, -0.2) is 0 Å². The third-order valence-electron chi connectivity index (χ3n) is 11.2. The molecule has 0 fully saturated rings. The van der Waals surface area contributed by atoms with Crippen molar-refractivity contribution < 1.29 is 24.5 Å². The van der Waals surface area contributed by atoms with E-state index in [2.05, 4.69) is 74.7 Å². The number of carbonyl (C=O) groups is 2. The molecule has 0 radical (unpaired) electrons. The molecule has 338 valence electrons. The van der Waals surface area contributed by atoms with Gasteiger partial charge in [0.05, 0.1) is 25.2 Å². The van der Waals surface area contributed by atoms with Gasteiger partial charge in [0.1, 0.15) is 6.10 Å². The lowest BCUT2D eigenvalue weighted by Crippen LogP contribution is -2.46. The minimum Gasteiger partial charge on any atom is -0.462 e. The predicted molar refractivity (Wildman–Crippen MR) is 250 cm³/mol. The van der Waals surface area contributed by atoms with Crippen LogP contribution in [0.15, 0.2) is 48.6 Å². The number of aliphatic hydroxyl groups excluding tert-OH is 2. The highest BCUT2D eigenvalue weighted by Gasteiger charge is 2.24. The number of unbranched alkanes of at least 4 members (excludes halogenated alkanes) is 26. The van der Waals surface area contributed by atoms with Crippen molar-refractivity contribution in [1.29, 1.82) is 0 Å². The van der Waals surface area contributed by atoms with E-state index in [0.29, 0.717) is 19.3 Å². The van der Waals surface area contributed by atoms with E-state index in [1.54, 1.807) is 0 Å². The summed E-state index contributed by atoms with van der Waals surface area (Å²) in [6.07, 6.45) is 54.6. The molecule has 3 N–H and O–H groups in total. The lowest BCUT2D eigenvalue weighted by atomic mass is 10.0. The molecule has 0 aliphatic rings. The molecule has 0 aliphatic carbocycles. The Morgan fingerprint density at radius 1 is 0.517 bits per heavy atom.